The molecule has 1 amide bonds. The lowest BCUT2D eigenvalue weighted by Gasteiger charge is -2.15. The van der Waals surface area contributed by atoms with Crippen LogP contribution >= 0.6 is 0 Å². The molecule has 0 radical (unpaired) electrons. The van der Waals surface area contributed by atoms with Crippen molar-refractivity contribution < 1.29 is 9.32 Å². The molecule has 4 rings (SSSR count). The first-order chi connectivity index (χ1) is 13.1. The molecule has 2 heterocycles. The number of hydrogen-bond acceptors (Lipinski definition) is 4. The van der Waals surface area contributed by atoms with Gasteiger partial charge >= 0.3 is 0 Å². The van der Waals surface area contributed by atoms with Crippen LogP contribution in [0.5, 0.6) is 0 Å². The Morgan fingerprint density at radius 3 is 2.56 bits per heavy atom. The molecule has 1 saturated heterocycles. The molecular formula is C22H23N3O2. The predicted octanol–water partition coefficient (Wildman–Crippen LogP) is 4.38. The van der Waals surface area contributed by atoms with E-state index in [4.69, 9.17) is 4.52 Å². The fourth-order valence-electron chi connectivity index (χ4n) is 3.43. The highest BCUT2D eigenvalue weighted by molar-refractivity contribution is 5.79. The Hall–Kier alpha value is -2.95. The Labute approximate surface area is 159 Å². The van der Waals surface area contributed by atoms with Gasteiger partial charge in [-0.3, -0.25) is 4.79 Å². The van der Waals surface area contributed by atoms with E-state index in [1.54, 1.807) is 0 Å². The molecule has 0 spiro atoms. The quantitative estimate of drug-likeness (QED) is 0.677. The standard InChI is InChI=1S/C22H23N3O2/c1-15(2)17-8-10-18(11-9-17)21-23-22(27-24-21)19-12-20(26)25(14-19)13-16-6-4-3-5-7-16/h3-11,15,19H,12-14H2,1-2H3. The zero-order valence-electron chi connectivity index (χ0n) is 15.6. The third-order valence-corrected chi connectivity index (χ3v) is 5.06. The summed E-state index contributed by atoms with van der Waals surface area (Å²) in [6, 6.07) is 18.2. The summed E-state index contributed by atoms with van der Waals surface area (Å²) in [5.41, 5.74) is 3.34. The molecule has 1 aromatic heterocycles. The Balaban J connectivity index is 1.46. The molecule has 1 fully saturated rings. The highest BCUT2D eigenvalue weighted by atomic mass is 16.5. The van der Waals surface area contributed by atoms with Gasteiger partial charge in [0, 0.05) is 25.1 Å². The van der Waals surface area contributed by atoms with Crippen LogP contribution in [0.3, 0.4) is 0 Å². The number of nitrogens with zero attached hydrogens (tertiary/aromatic N) is 3. The summed E-state index contributed by atoms with van der Waals surface area (Å²) in [5, 5.41) is 4.12. The lowest BCUT2D eigenvalue weighted by Crippen LogP contribution is -2.24. The van der Waals surface area contributed by atoms with E-state index in [9.17, 15) is 4.79 Å². The maximum Gasteiger partial charge on any atom is 0.232 e. The van der Waals surface area contributed by atoms with E-state index in [0.29, 0.717) is 37.1 Å². The molecule has 138 valence electrons. The van der Waals surface area contributed by atoms with E-state index in [2.05, 4.69) is 36.1 Å². The van der Waals surface area contributed by atoms with Gasteiger partial charge in [-0.15, -0.1) is 0 Å². The number of carbonyl (C=O) groups excluding carboxylic acids is 1. The molecule has 0 aliphatic carbocycles. The second kappa shape index (κ2) is 7.35. The largest absolute Gasteiger partial charge is 0.339 e. The Bertz CT molecular complexity index is 916. The molecule has 1 aliphatic rings. The summed E-state index contributed by atoms with van der Waals surface area (Å²) in [6.07, 6.45) is 0.417. The highest BCUT2D eigenvalue weighted by Gasteiger charge is 2.34. The lowest BCUT2D eigenvalue weighted by atomic mass is 10.0. The van der Waals surface area contributed by atoms with Gasteiger partial charge < -0.3 is 9.42 Å². The molecule has 0 N–H and O–H groups in total. The number of rotatable bonds is 5. The Morgan fingerprint density at radius 1 is 1.11 bits per heavy atom. The van der Waals surface area contributed by atoms with E-state index in [1.165, 1.54) is 5.56 Å². The summed E-state index contributed by atoms with van der Waals surface area (Å²) in [7, 11) is 0. The number of benzene rings is 2. The number of carbonyl (C=O) groups is 1. The van der Waals surface area contributed by atoms with Crippen LogP contribution in [0.1, 0.15) is 49.1 Å². The van der Waals surface area contributed by atoms with Gasteiger partial charge in [-0.05, 0) is 17.0 Å². The van der Waals surface area contributed by atoms with Gasteiger partial charge in [0.15, 0.2) is 0 Å². The highest BCUT2D eigenvalue weighted by Crippen LogP contribution is 2.30. The molecule has 0 saturated carbocycles. The van der Waals surface area contributed by atoms with Gasteiger partial charge in [-0.1, -0.05) is 73.6 Å². The number of hydrogen-bond donors (Lipinski definition) is 0. The number of likely N-dealkylation sites (tertiary alicyclic amines) is 1. The third-order valence-electron chi connectivity index (χ3n) is 5.06. The smallest absolute Gasteiger partial charge is 0.232 e. The second-order valence-electron chi connectivity index (χ2n) is 7.39. The first kappa shape index (κ1) is 17.5. The molecule has 1 unspecified atom stereocenters. The van der Waals surface area contributed by atoms with Crippen LogP contribution in [0.2, 0.25) is 0 Å². The van der Waals surface area contributed by atoms with Crippen LogP contribution in [-0.4, -0.2) is 27.5 Å². The maximum atomic E-state index is 12.4. The fraction of sp³-hybridized carbons (Fsp3) is 0.318. The molecule has 1 atom stereocenters. The van der Waals surface area contributed by atoms with E-state index >= 15 is 0 Å². The summed E-state index contributed by atoms with van der Waals surface area (Å²) in [4.78, 5) is 18.8. The summed E-state index contributed by atoms with van der Waals surface area (Å²) >= 11 is 0. The average Bonchev–Trinajstić information content (AvgIpc) is 3.30. The molecule has 1 aliphatic heterocycles. The second-order valence-corrected chi connectivity index (χ2v) is 7.39. The van der Waals surface area contributed by atoms with Gasteiger partial charge in [0.2, 0.25) is 17.6 Å². The number of aromatic nitrogens is 2. The van der Waals surface area contributed by atoms with Gasteiger partial charge in [0.25, 0.3) is 0 Å². The monoisotopic (exact) mass is 361 g/mol. The van der Waals surface area contributed by atoms with E-state index in [1.807, 2.05) is 47.4 Å². The minimum atomic E-state index is -0.0441. The Kier molecular flexibility index (Phi) is 4.75. The molecule has 0 bridgehead atoms. The molecule has 3 aromatic rings. The van der Waals surface area contributed by atoms with E-state index in [0.717, 1.165) is 11.1 Å². The van der Waals surface area contributed by atoms with Crippen LogP contribution in [0.4, 0.5) is 0 Å². The molecule has 2 aromatic carbocycles. The first-order valence-electron chi connectivity index (χ1n) is 9.36. The minimum Gasteiger partial charge on any atom is -0.339 e. The van der Waals surface area contributed by atoms with Gasteiger partial charge in [-0.2, -0.15) is 4.98 Å². The average molecular weight is 361 g/mol. The lowest BCUT2D eigenvalue weighted by molar-refractivity contribution is -0.128. The SMILES string of the molecule is CC(C)c1ccc(-c2noc(C3CC(=O)N(Cc4ccccc4)C3)n2)cc1. The van der Waals surface area contributed by atoms with Crippen LogP contribution < -0.4 is 0 Å². The van der Waals surface area contributed by atoms with Crippen LogP contribution in [0, 0.1) is 0 Å². The molecule has 27 heavy (non-hydrogen) atoms. The summed E-state index contributed by atoms with van der Waals surface area (Å²) in [6.45, 7) is 5.56. The summed E-state index contributed by atoms with van der Waals surface area (Å²) < 4.78 is 5.49. The number of amides is 1. The van der Waals surface area contributed by atoms with Crippen molar-refractivity contribution in [2.24, 2.45) is 0 Å². The zero-order valence-corrected chi connectivity index (χ0v) is 15.6. The van der Waals surface area contributed by atoms with Crippen molar-refractivity contribution in [2.45, 2.75) is 38.6 Å². The van der Waals surface area contributed by atoms with E-state index < -0.39 is 0 Å². The van der Waals surface area contributed by atoms with Crippen molar-refractivity contribution in [3.05, 3.63) is 71.6 Å². The topological polar surface area (TPSA) is 59.2 Å². The fourth-order valence-corrected chi connectivity index (χ4v) is 3.43. The first-order valence-corrected chi connectivity index (χ1v) is 9.36. The van der Waals surface area contributed by atoms with Crippen molar-refractivity contribution in [1.29, 1.82) is 0 Å². The molecule has 5 heteroatoms. The van der Waals surface area contributed by atoms with Crippen LogP contribution in [0.25, 0.3) is 11.4 Å². The van der Waals surface area contributed by atoms with Crippen molar-refractivity contribution >= 4 is 5.91 Å². The van der Waals surface area contributed by atoms with Crippen molar-refractivity contribution in [1.82, 2.24) is 15.0 Å². The Morgan fingerprint density at radius 2 is 1.85 bits per heavy atom. The van der Waals surface area contributed by atoms with Crippen molar-refractivity contribution in [3.63, 3.8) is 0 Å². The third kappa shape index (κ3) is 3.77. The van der Waals surface area contributed by atoms with Crippen LogP contribution in [0.15, 0.2) is 59.1 Å². The minimum absolute atomic E-state index is 0.0441. The molecule has 5 nitrogen and oxygen atoms in total. The zero-order chi connectivity index (χ0) is 18.8. The predicted molar refractivity (Wildman–Crippen MR) is 103 cm³/mol. The van der Waals surface area contributed by atoms with Gasteiger partial charge in [0.05, 0.1) is 5.92 Å². The van der Waals surface area contributed by atoms with Gasteiger partial charge in [0.1, 0.15) is 0 Å². The van der Waals surface area contributed by atoms with Crippen molar-refractivity contribution in [3.8, 4) is 11.4 Å². The molecular weight excluding hydrogens is 338 g/mol. The van der Waals surface area contributed by atoms with Crippen LogP contribution in [-0.2, 0) is 11.3 Å². The van der Waals surface area contributed by atoms with E-state index in [-0.39, 0.29) is 11.8 Å². The van der Waals surface area contributed by atoms with Gasteiger partial charge in [-0.25, -0.2) is 0 Å². The van der Waals surface area contributed by atoms with Crippen molar-refractivity contribution in [2.75, 3.05) is 6.54 Å². The summed E-state index contributed by atoms with van der Waals surface area (Å²) in [5.74, 6) is 1.69. The normalized spacial score (nSPS) is 17.1. The maximum absolute atomic E-state index is 12.4.